The second kappa shape index (κ2) is 9.48. The van der Waals surface area contributed by atoms with Crippen LogP contribution in [-0.4, -0.2) is 22.7 Å². The Kier molecular flexibility index (Phi) is 6.78. The SMILES string of the molecule is CCCOc1ccc(C(=O)Nc2nnc(SCc3ccccc3F)s2)cc1. The van der Waals surface area contributed by atoms with Crippen LogP contribution in [0.3, 0.4) is 0 Å². The molecule has 8 heteroatoms. The fraction of sp³-hybridized carbons (Fsp3) is 0.211. The van der Waals surface area contributed by atoms with Crippen LogP contribution in [0.5, 0.6) is 5.75 Å². The lowest BCUT2D eigenvalue weighted by Gasteiger charge is -2.05. The Balaban J connectivity index is 1.55. The minimum absolute atomic E-state index is 0.241. The molecule has 0 aliphatic rings. The van der Waals surface area contributed by atoms with Crippen LogP contribution in [0.15, 0.2) is 52.9 Å². The summed E-state index contributed by atoms with van der Waals surface area (Å²) < 4.78 is 19.8. The molecule has 3 aromatic rings. The zero-order valence-electron chi connectivity index (χ0n) is 14.6. The van der Waals surface area contributed by atoms with E-state index in [1.54, 1.807) is 42.5 Å². The first-order valence-corrected chi connectivity index (χ1v) is 10.2. The van der Waals surface area contributed by atoms with Crippen LogP contribution in [0.2, 0.25) is 0 Å². The molecule has 0 spiro atoms. The van der Waals surface area contributed by atoms with Crippen molar-refractivity contribution in [2.24, 2.45) is 0 Å². The molecule has 1 N–H and O–H groups in total. The summed E-state index contributed by atoms with van der Waals surface area (Å²) in [5.41, 5.74) is 1.11. The van der Waals surface area contributed by atoms with Crippen molar-refractivity contribution in [1.29, 1.82) is 0 Å². The maximum atomic E-state index is 13.6. The van der Waals surface area contributed by atoms with E-state index in [0.29, 0.717) is 33.0 Å². The summed E-state index contributed by atoms with van der Waals surface area (Å²) >= 11 is 2.63. The average Bonchev–Trinajstić information content (AvgIpc) is 3.13. The Morgan fingerprint density at radius 2 is 1.96 bits per heavy atom. The van der Waals surface area contributed by atoms with Crippen molar-refractivity contribution in [3.63, 3.8) is 0 Å². The topological polar surface area (TPSA) is 64.1 Å². The number of hydrogen-bond acceptors (Lipinski definition) is 6. The maximum absolute atomic E-state index is 13.6. The molecule has 0 unspecified atom stereocenters. The number of aromatic nitrogens is 2. The van der Waals surface area contributed by atoms with Gasteiger partial charge in [-0.1, -0.05) is 48.2 Å². The van der Waals surface area contributed by atoms with Crippen LogP contribution < -0.4 is 10.1 Å². The third-order valence-corrected chi connectivity index (χ3v) is 5.55. The van der Waals surface area contributed by atoms with Gasteiger partial charge in [-0.25, -0.2) is 4.39 Å². The second-order valence-electron chi connectivity index (χ2n) is 5.58. The van der Waals surface area contributed by atoms with E-state index in [-0.39, 0.29) is 11.7 Å². The van der Waals surface area contributed by atoms with Gasteiger partial charge in [0.05, 0.1) is 6.61 Å². The van der Waals surface area contributed by atoms with Gasteiger partial charge in [-0.15, -0.1) is 10.2 Å². The van der Waals surface area contributed by atoms with Crippen LogP contribution in [0.4, 0.5) is 9.52 Å². The van der Waals surface area contributed by atoms with Crippen molar-refractivity contribution in [3.05, 3.63) is 65.5 Å². The molecule has 5 nitrogen and oxygen atoms in total. The standard InChI is InChI=1S/C19H18FN3O2S2/c1-2-11-25-15-9-7-13(8-10-15)17(24)21-18-22-23-19(27-18)26-12-14-5-3-4-6-16(14)20/h3-10H,2,11-12H2,1H3,(H,21,22,24). The molecule has 0 atom stereocenters. The van der Waals surface area contributed by atoms with Crippen molar-refractivity contribution in [3.8, 4) is 5.75 Å². The number of carbonyl (C=O) groups excluding carboxylic acids is 1. The zero-order valence-corrected chi connectivity index (χ0v) is 16.3. The summed E-state index contributed by atoms with van der Waals surface area (Å²) in [5.74, 6) is 0.679. The lowest BCUT2D eigenvalue weighted by atomic mass is 10.2. The van der Waals surface area contributed by atoms with Gasteiger partial charge >= 0.3 is 0 Å². The van der Waals surface area contributed by atoms with Crippen molar-refractivity contribution in [2.75, 3.05) is 11.9 Å². The number of nitrogens with zero attached hydrogens (tertiary/aromatic N) is 2. The highest BCUT2D eigenvalue weighted by Crippen LogP contribution is 2.29. The molecule has 0 radical (unpaired) electrons. The van der Waals surface area contributed by atoms with E-state index >= 15 is 0 Å². The van der Waals surface area contributed by atoms with E-state index in [1.165, 1.54) is 29.2 Å². The first-order valence-electron chi connectivity index (χ1n) is 8.39. The third-order valence-electron chi connectivity index (χ3n) is 3.53. The highest BCUT2D eigenvalue weighted by molar-refractivity contribution is 8.00. The van der Waals surface area contributed by atoms with E-state index < -0.39 is 0 Å². The Morgan fingerprint density at radius 1 is 1.19 bits per heavy atom. The molecular weight excluding hydrogens is 385 g/mol. The third kappa shape index (κ3) is 5.51. The monoisotopic (exact) mass is 403 g/mol. The number of amides is 1. The number of ether oxygens (including phenoxy) is 1. The summed E-state index contributed by atoms with van der Waals surface area (Å²) in [6.45, 7) is 2.68. The van der Waals surface area contributed by atoms with Gasteiger partial charge in [-0.05, 0) is 42.3 Å². The minimum Gasteiger partial charge on any atom is -0.494 e. The molecule has 0 fully saturated rings. The van der Waals surface area contributed by atoms with Crippen LogP contribution in [-0.2, 0) is 5.75 Å². The molecular formula is C19H18FN3O2S2. The van der Waals surface area contributed by atoms with Gasteiger partial charge in [0.1, 0.15) is 11.6 Å². The van der Waals surface area contributed by atoms with Crippen molar-refractivity contribution < 1.29 is 13.9 Å². The Hall–Kier alpha value is -2.45. The van der Waals surface area contributed by atoms with Gasteiger partial charge in [0, 0.05) is 11.3 Å². The number of benzene rings is 2. The summed E-state index contributed by atoms with van der Waals surface area (Å²) in [7, 11) is 0. The number of nitrogens with one attached hydrogen (secondary N) is 1. The molecule has 1 aromatic heterocycles. The van der Waals surface area contributed by atoms with Gasteiger partial charge in [0.15, 0.2) is 4.34 Å². The van der Waals surface area contributed by atoms with Gasteiger partial charge in [0.2, 0.25) is 5.13 Å². The molecule has 1 amide bonds. The number of rotatable bonds is 8. The van der Waals surface area contributed by atoms with Crippen LogP contribution in [0, 0.1) is 5.82 Å². The zero-order chi connectivity index (χ0) is 19.1. The van der Waals surface area contributed by atoms with Gasteiger partial charge in [0.25, 0.3) is 5.91 Å². The maximum Gasteiger partial charge on any atom is 0.257 e. The number of halogens is 1. The highest BCUT2D eigenvalue weighted by atomic mass is 32.2. The van der Waals surface area contributed by atoms with Crippen molar-refractivity contribution in [2.45, 2.75) is 23.4 Å². The molecule has 0 bridgehead atoms. The fourth-order valence-corrected chi connectivity index (χ4v) is 3.90. The summed E-state index contributed by atoms with van der Waals surface area (Å²) in [5, 5.41) is 11.1. The predicted octanol–water partition coefficient (Wildman–Crippen LogP) is 5.01. The molecule has 0 aliphatic heterocycles. The van der Waals surface area contributed by atoms with Crippen LogP contribution >= 0.6 is 23.1 Å². The van der Waals surface area contributed by atoms with Crippen molar-refractivity contribution in [1.82, 2.24) is 10.2 Å². The van der Waals surface area contributed by atoms with E-state index in [4.69, 9.17) is 4.74 Å². The van der Waals surface area contributed by atoms with E-state index in [1.807, 2.05) is 6.92 Å². The largest absolute Gasteiger partial charge is 0.494 e. The average molecular weight is 404 g/mol. The van der Waals surface area contributed by atoms with Crippen LogP contribution in [0.1, 0.15) is 29.3 Å². The first kappa shape index (κ1) is 19.3. The summed E-state index contributed by atoms with van der Waals surface area (Å²) in [6, 6.07) is 13.6. The first-order chi connectivity index (χ1) is 13.2. The molecule has 0 saturated carbocycles. The lowest BCUT2D eigenvalue weighted by Crippen LogP contribution is -2.11. The molecule has 0 saturated heterocycles. The van der Waals surface area contributed by atoms with E-state index in [0.717, 1.165) is 12.2 Å². The highest BCUT2D eigenvalue weighted by Gasteiger charge is 2.11. The predicted molar refractivity (Wildman–Crippen MR) is 106 cm³/mol. The molecule has 2 aromatic carbocycles. The minimum atomic E-state index is -0.265. The smallest absolute Gasteiger partial charge is 0.257 e. The van der Waals surface area contributed by atoms with Crippen molar-refractivity contribution >= 4 is 34.1 Å². The number of carbonyl (C=O) groups is 1. The Labute approximate surface area is 165 Å². The normalized spacial score (nSPS) is 10.6. The van der Waals surface area contributed by atoms with Crippen LogP contribution in [0.25, 0.3) is 0 Å². The molecule has 0 aliphatic carbocycles. The lowest BCUT2D eigenvalue weighted by molar-refractivity contribution is 0.102. The Bertz CT molecular complexity index is 900. The second-order valence-corrected chi connectivity index (χ2v) is 7.78. The summed E-state index contributed by atoms with van der Waals surface area (Å²) in [4.78, 5) is 12.3. The molecule has 1 heterocycles. The molecule has 27 heavy (non-hydrogen) atoms. The number of hydrogen-bond donors (Lipinski definition) is 1. The van der Waals surface area contributed by atoms with Gasteiger partial charge in [-0.2, -0.15) is 0 Å². The molecule has 140 valence electrons. The van der Waals surface area contributed by atoms with E-state index in [2.05, 4.69) is 15.5 Å². The van der Waals surface area contributed by atoms with E-state index in [9.17, 15) is 9.18 Å². The fourth-order valence-electron chi connectivity index (χ4n) is 2.17. The number of thioether (sulfide) groups is 1. The Morgan fingerprint density at radius 3 is 2.70 bits per heavy atom. The number of anilines is 1. The molecule has 3 rings (SSSR count). The quantitative estimate of drug-likeness (QED) is 0.423. The van der Waals surface area contributed by atoms with Gasteiger partial charge < -0.3 is 4.74 Å². The summed E-state index contributed by atoms with van der Waals surface area (Å²) in [6.07, 6.45) is 0.927. The van der Waals surface area contributed by atoms with Gasteiger partial charge in [-0.3, -0.25) is 10.1 Å².